The lowest BCUT2D eigenvalue weighted by atomic mass is 10.1. The third-order valence-electron chi connectivity index (χ3n) is 5.96. The van der Waals surface area contributed by atoms with Gasteiger partial charge in [-0.25, -0.2) is 14.8 Å². The first kappa shape index (κ1) is 23.1. The number of benzene rings is 2. The van der Waals surface area contributed by atoms with Gasteiger partial charge in [0.2, 0.25) is 5.88 Å². The molecule has 1 aromatic heterocycles. The molecule has 0 spiro atoms. The van der Waals surface area contributed by atoms with Crippen LogP contribution in [0.15, 0.2) is 42.6 Å². The molecule has 5 rings (SSSR count). The Bertz CT molecular complexity index is 1220. The molecule has 35 heavy (non-hydrogen) atoms. The second-order valence-corrected chi connectivity index (χ2v) is 8.25. The lowest BCUT2D eigenvalue weighted by molar-refractivity contribution is -0.0460. The van der Waals surface area contributed by atoms with Gasteiger partial charge in [0.1, 0.15) is 19.3 Å². The van der Waals surface area contributed by atoms with Crippen LogP contribution in [0.1, 0.15) is 5.56 Å². The van der Waals surface area contributed by atoms with E-state index in [-0.39, 0.29) is 13.1 Å². The number of cyclic esters (lactones) is 1. The number of aromatic nitrogens is 2. The first-order valence-electron chi connectivity index (χ1n) is 11.3. The van der Waals surface area contributed by atoms with Crippen molar-refractivity contribution in [2.24, 2.45) is 0 Å². The third-order valence-corrected chi connectivity index (χ3v) is 5.96. The molecule has 2 aromatic carbocycles. The average Bonchev–Trinajstić information content (AvgIpc) is 3.29. The number of anilines is 1. The molecule has 0 saturated carbocycles. The molecular weight excluding hydrogens is 456 g/mol. The van der Waals surface area contributed by atoms with Crippen molar-refractivity contribution in [3.8, 4) is 17.4 Å². The van der Waals surface area contributed by atoms with Crippen LogP contribution in [0.4, 0.5) is 10.5 Å². The Kier molecular flexibility index (Phi) is 6.53. The number of hydrogen-bond donors (Lipinski definition) is 3. The summed E-state index contributed by atoms with van der Waals surface area (Å²) >= 11 is 0. The van der Waals surface area contributed by atoms with Gasteiger partial charge in [-0.2, -0.15) is 0 Å². The second kappa shape index (κ2) is 9.90. The van der Waals surface area contributed by atoms with E-state index in [2.05, 4.69) is 15.3 Å². The Balaban J connectivity index is 1.19. The van der Waals surface area contributed by atoms with Crippen molar-refractivity contribution in [2.75, 3.05) is 38.3 Å². The lowest BCUT2D eigenvalue weighted by Gasteiger charge is -2.23. The van der Waals surface area contributed by atoms with Gasteiger partial charge in [-0.15, -0.1) is 0 Å². The SMILES string of the molecule is COc1cnc2cccc(CNC[C@H](O)[C@@H](O)[C@@H]3CN(c4ccc5c(c4)OCCO5)C(=O)O3)c2n1. The van der Waals surface area contributed by atoms with E-state index in [0.717, 1.165) is 11.1 Å². The monoisotopic (exact) mass is 482 g/mol. The van der Waals surface area contributed by atoms with Crippen LogP contribution < -0.4 is 24.4 Å². The number of hydrogen-bond acceptors (Lipinski definition) is 10. The highest BCUT2D eigenvalue weighted by molar-refractivity contribution is 5.90. The van der Waals surface area contributed by atoms with Gasteiger partial charge in [-0.1, -0.05) is 12.1 Å². The Morgan fingerprint density at radius 1 is 1.20 bits per heavy atom. The number of fused-ring (bicyclic) bond motifs is 2. The fourth-order valence-electron chi connectivity index (χ4n) is 4.11. The van der Waals surface area contributed by atoms with Gasteiger partial charge in [0.15, 0.2) is 17.6 Å². The summed E-state index contributed by atoms with van der Waals surface area (Å²) in [6.45, 7) is 1.46. The number of nitrogens with zero attached hydrogens (tertiary/aromatic N) is 3. The number of carbonyl (C=O) groups is 1. The topological polar surface area (TPSA) is 136 Å². The largest absolute Gasteiger partial charge is 0.486 e. The molecule has 2 aliphatic rings. The standard InChI is InChI=1S/C24H26N4O7/c1-32-21-12-26-16-4-2-3-14(22(16)27-21)10-25-11-17(29)23(30)20-13-28(24(31)35-20)15-5-6-18-19(9-15)34-8-7-33-18/h2-6,9,12,17,20,23,25,29-30H,7-8,10-11,13H2,1H3/t17-,20-,23+/m0/s1. The van der Waals surface area contributed by atoms with Gasteiger partial charge in [0.25, 0.3) is 0 Å². The van der Waals surface area contributed by atoms with Crippen molar-refractivity contribution in [1.29, 1.82) is 0 Å². The van der Waals surface area contributed by atoms with Gasteiger partial charge < -0.3 is 34.5 Å². The first-order chi connectivity index (χ1) is 17.0. The third kappa shape index (κ3) is 4.78. The molecule has 2 aliphatic heterocycles. The van der Waals surface area contributed by atoms with Crippen LogP contribution in [-0.2, 0) is 11.3 Å². The van der Waals surface area contributed by atoms with E-state index in [0.29, 0.717) is 48.3 Å². The Morgan fingerprint density at radius 3 is 2.86 bits per heavy atom. The van der Waals surface area contributed by atoms with Crippen molar-refractivity contribution >= 4 is 22.8 Å². The van der Waals surface area contributed by atoms with Gasteiger partial charge in [-0.05, 0) is 23.8 Å². The van der Waals surface area contributed by atoms with Crippen LogP contribution in [0.25, 0.3) is 11.0 Å². The minimum absolute atomic E-state index is 0.0764. The van der Waals surface area contributed by atoms with Gasteiger partial charge in [0, 0.05) is 19.2 Å². The van der Waals surface area contributed by atoms with E-state index in [9.17, 15) is 15.0 Å². The number of rotatable bonds is 8. The van der Waals surface area contributed by atoms with E-state index in [1.54, 1.807) is 24.4 Å². The van der Waals surface area contributed by atoms with Crippen molar-refractivity contribution in [1.82, 2.24) is 15.3 Å². The average molecular weight is 482 g/mol. The highest BCUT2D eigenvalue weighted by Crippen LogP contribution is 2.35. The van der Waals surface area contributed by atoms with Crippen LogP contribution in [-0.4, -0.2) is 78.0 Å². The molecule has 11 nitrogen and oxygen atoms in total. The fraction of sp³-hybridized carbons (Fsp3) is 0.375. The summed E-state index contributed by atoms with van der Waals surface area (Å²) in [5.74, 6) is 1.57. The molecule has 3 N–H and O–H groups in total. The number of nitrogens with one attached hydrogen (secondary N) is 1. The molecule has 0 radical (unpaired) electrons. The summed E-state index contributed by atoms with van der Waals surface area (Å²) in [5, 5.41) is 24.3. The number of amides is 1. The molecule has 1 fully saturated rings. The van der Waals surface area contributed by atoms with Crippen molar-refractivity contribution < 1.29 is 34.0 Å². The summed E-state index contributed by atoms with van der Waals surface area (Å²) in [6, 6.07) is 10.8. The molecule has 11 heteroatoms. The van der Waals surface area contributed by atoms with Crippen LogP contribution in [0.5, 0.6) is 17.4 Å². The molecule has 3 heterocycles. The normalized spacial score (nSPS) is 18.9. The quantitative estimate of drug-likeness (QED) is 0.430. The molecular formula is C24H26N4O7. The molecule has 3 aromatic rings. The zero-order valence-corrected chi connectivity index (χ0v) is 19.1. The summed E-state index contributed by atoms with van der Waals surface area (Å²) in [4.78, 5) is 22.6. The number of ether oxygens (including phenoxy) is 4. The predicted octanol–water partition coefficient (Wildman–Crippen LogP) is 1.25. The molecule has 184 valence electrons. The number of aliphatic hydroxyl groups is 2. The summed E-state index contributed by atoms with van der Waals surface area (Å²) in [6.07, 6.45) is -2.38. The molecule has 0 bridgehead atoms. The maximum Gasteiger partial charge on any atom is 0.414 e. The highest BCUT2D eigenvalue weighted by atomic mass is 16.6. The second-order valence-electron chi connectivity index (χ2n) is 8.25. The van der Waals surface area contributed by atoms with Crippen LogP contribution in [0.3, 0.4) is 0 Å². The number of para-hydroxylation sites is 1. The molecule has 0 aliphatic carbocycles. The van der Waals surface area contributed by atoms with E-state index < -0.39 is 24.4 Å². The van der Waals surface area contributed by atoms with Crippen molar-refractivity contribution in [3.05, 3.63) is 48.2 Å². The summed E-state index contributed by atoms with van der Waals surface area (Å²) in [5.41, 5.74) is 2.85. The lowest BCUT2D eigenvalue weighted by Crippen LogP contribution is -2.44. The van der Waals surface area contributed by atoms with Crippen LogP contribution >= 0.6 is 0 Å². The number of carbonyl (C=O) groups excluding carboxylic acids is 1. The first-order valence-corrected chi connectivity index (χ1v) is 11.3. The Labute approximate surface area is 201 Å². The number of methoxy groups -OCH3 is 1. The maximum atomic E-state index is 12.5. The molecule has 3 atom stereocenters. The molecule has 1 saturated heterocycles. The van der Waals surface area contributed by atoms with Gasteiger partial charge >= 0.3 is 6.09 Å². The number of aliphatic hydroxyl groups excluding tert-OH is 2. The van der Waals surface area contributed by atoms with Crippen molar-refractivity contribution in [3.63, 3.8) is 0 Å². The van der Waals surface area contributed by atoms with Crippen LogP contribution in [0, 0.1) is 0 Å². The fourth-order valence-corrected chi connectivity index (χ4v) is 4.11. The highest BCUT2D eigenvalue weighted by Gasteiger charge is 2.39. The van der Waals surface area contributed by atoms with E-state index in [1.165, 1.54) is 12.0 Å². The summed E-state index contributed by atoms with van der Waals surface area (Å²) < 4.78 is 21.6. The van der Waals surface area contributed by atoms with E-state index in [1.807, 2.05) is 18.2 Å². The van der Waals surface area contributed by atoms with Crippen LogP contribution in [0.2, 0.25) is 0 Å². The van der Waals surface area contributed by atoms with Crippen molar-refractivity contribution in [2.45, 2.75) is 24.9 Å². The molecule has 1 amide bonds. The predicted molar refractivity (Wildman–Crippen MR) is 125 cm³/mol. The zero-order chi connectivity index (χ0) is 24.4. The minimum Gasteiger partial charge on any atom is -0.486 e. The van der Waals surface area contributed by atoms with Gasteiger partial charge in [0.05, 0.1) is 42.7 Å². The van der Waals surface area contributed by atoms with Gasteiger partial charge in [-0.3, -0.25) is 4.90 Å². The smallest absolute Gasteiger partial charge is 0.414 e. The Hall–Kier alpha value is -3.67. The zero-order valence-electron chi connectivity index (χ0n) is 19.1. The van der Waals surface area contributed by atoms with E-state index >= 15 is 0 Å². The Morgan fingerprint density at radius 2 is 2.03 bits per heavy atom. The van der Waals surface area contributed by atoms with E-state index in [4.69, 9.17) is 18.9 Å². The minimum atomic E-state index is -1.28. The summed E-state index contributed by atoms with van der Waals surface area (Å²) in [7, 11) is 1.53. The molecule has 0 unspecified atom stereocenters. The maximum absolute atomic E-state index is 12.5.